The lowest BCUT2D eigenvalue weighted by Crippen LogP contribution is -2.62. The van der Waals surface area contributed by atoms with Gasteiger partial charge < -0.3 is 5.32 Å². The van der Waals surface area contributed by atoms with Gasteiger partial charge in [0.25, 0.3) is 0 Å². The molecular weight excluding hydrogens is 242 g/mol. The molecule has 1 atom stereocenters. The molecule has 4 bridgehead atoms. The third kappa shape index (κ3) is 1.95. The molecule has 2 amide bonds. The molecule has 1 saturated heterocycles. The quantitative estimate of drug-likeness (QED) is 0.678. The number of hydrogen-bond acceptors (Lipinski definition) is 3. The van der Waals surface area contributed by atoms with E-state index >= 15 is 0 Å². The van der Waals surface area contributed by atoms with Crippen LogP contribution in [-0.2, 0) is 9.59 Å². The lowest BCUT2D eigenvalue weighted by atomic mass is 9.53. The second kappa shape index (κ2) is 3.95. The van der Waals surface area contributed by atoms with Crippen LogP contribution in [0.3, 0.4) is 0 Å². The van der Waals surface area contributed by atoms with Gasteiger partial charge in [0.2, 0.25) is 11.8 Å². The van der Waals surface area contributed by atoms with Crippen molar-refractivity contribution in [3.8, 4) is 0 Å². The molecule has 5 fully saturated rings. The van der Waals surface area contributed by atoms with E-state index in [9.17, 15) is 9.59 Å². The monoisotopic (exact) mass is 263 g/mol. The third-order valence-electron chi connectivity index (χ3n) is 5.52. The van der Waals surface area contributed by atoms with Crippen molar-refractivity contribution in [2.24, 2.45) is 17.8 Å². The summed E-state index contributed by atoms with van der Waals surface area (Å²) in [6.07, 6.45) is 7.83. The van der Waals surface area contributed by atoms with Crippen LogP contribution in [0.15, 0.2) is 0 Å². The van der Waals surface area contributed by atoms with Gasteiger partial charge >= 0.3 is 0 Å². The second-order valence-corrected chi connectivity index (χ2v) is 7.14. The molecule has 4 saturated carbocycles. The van der Waals surface area contributed by atoms with Crippen molar-refractivity contribution in [3.05, 3.63) is 0 Å². The summed E-state index contributed by atoms with van der Waals surface area (Å²) in [6, 6.07) is -0.388. The van der Waals surface area contributed by atoms with E-state index in [1.165, 1.54) is 19.3 Å². The number of carbonyl (C=O) groups is 2. The van der Waals surface area contributed by atoms with E-state index in [4.69, 9.17) is 0 Å². The Morgan fingerprint density at radius 2 is 1.68 bits per heavy atom. The van der Waals surface area contributed by atoms with Crippen molar-refractivity contribution < 1.29 is 9.59 Å². The maximum absolute atomic E-state index is 12.3. The second-order valence-electron chi connectivity index (χ2n) is 7.14. The molecule has 1 aliphatic heterocycles. The van der Waals surface area contributed by atoms with Gasteiger partial charge in [-0.15, -0.1) is 0 Å². The summed E-state index contributed by atoms with van der Waals surface area (Å²) in [6.45, 7) is 0. The topological polar surface area (TPSA) is 70.2 Å². The first-order valence-electron chi connectivity index (χ1n) is 7.48. The van der Waals surface area contributed by atoms with E-state index in [1.807, 2.05) is 0 Å². The first-order chi connectivity index (χ1) is 9.12. The fourth-order valence-electron chi connectivity index (χ4n) is 5.23. The van der Waals surface area contributed by atoms with Gasteiger partial charge in [-0.2, -0.15) is 0 Å². The first kappa shape index (κ1) is 11.7. The highest BCUT2D eigenvalue weighted by atomic mass is 16.2. The predicted molar refractivity (Wildman–Crippen MR) is 68.7 cm³/mol. The molecule has 1 heterocycles. The molecule has 104 valence electrons. The van der Waals surface area contributed by atoms with E-state index in [1.54, 1.807) is 0 Å². The van der Waals surface area contributed by atoms with Crippen molar-refractivity contribution in [2.75, 3.05) is 0 Å². The summed E-state index contributed by atoms with van der Waals surface area (Å²) in [5, 5.41) is 3.29. The van der Waals surface area contributed by atoms with E-state index in [0.29, 0.717) is 0 Å². The summed E-state index contributed by atoms with van der Waals surface area (Å²) >= 11 is 0. The molecule has 19 heavy (non-hydrogen) atoms. The van der Waals surface area contributed by atoms with Gasteiger partial charge in [0.15, 0.2) is 0 Å². The van der Waals surface area contributed by atoms with Crippen LogP contribution in [0.5, 0.6) is 0 Å². The van der Waals surface area contributed by atoms with Crippen LogP contribution in [0, 0.1) is 17.8 Å². The molecule has 0 aromatic carbocycles. The van der Waals surface area contributed by atoms with Crippen LogP contribution in [0.1, 0.15) is 44.9 Å². The summed E-state index contributed by atoms with van der Waals surface area (Å²) in [7, 11) is 0. The zero-order valence-electron chi connectivity index (χ0n) is 11.1. The van der Waals surface area contributed by atoms with Crippen LogP contribution in [0.2, 0.25) is 0 Å². The van der Waals surface area contributed by atoms with Crippen molar-refractivity contribution in [3.63, 3.8) is 0 Å². The largest absolute Gasteiger partial charge is 0.349 e. The van der Waals surface area contributed by atoms with Crippen molar-refractivity contribution in [1.29, 1.82) is 0 Å². The zero-order valence-corrected chi connectivity index (χ0v) is 11.1. The van der Waals surface area contributed by atoms with Crippen LogP contribution in [-0.4, -0.2) is 23.4 Å². The summed E-state index contributed by atoms with van der Waals surface area (Å²) < 4.78 is 0. The first-order valence-corrected chi connectivity index (χ1v) is 7.48. The Morgan fingerprint density at radius 1 is 1.11 bits per heavy atom. The maximum Gasteiger partial charge on any atom is 0.239 e. The Bertz CT molecular complexity index is 399. The van der Waals surface area contributed by atoms with Gasteiger partial charge in [0, 0.05) is 5.54 Å². The normalized spacial score (nSPS) is 47.3. The molecule has 0 aromatic heterocycles. The molecule has 5 nitrogen and oxygen atoms in total. The Hall–Kier alpha value is -1.10. The smallest absolute Gasteiger partial charge is 0.239 e. The minimum absolute atomic E-state index is 0.000278. The molecule has 0 spiro atoms. The SMILES string of the molecule is O=C1CC(C(=O)NC23CC4CC(CC(C4)C2)C3)NN1. The van der Waals surface area contributed by atoms with Crippen LogP contribution < -0.4 is 16.2 Å². The van der Waals surface area contributed by atoms with Gasteiger partial charge in [0.05, 0.1) is 6.42 Å². The summed E-state index contributed by atoms with van der Waals surface area (Å²) in [4.78, 5) is 23.5. The Kier molecular flexibility index (Phi) is 2.43. The van der Waals surface area contributed by atoms with Crippen LogP contribution >= 0.6 is 0 Å². The molecular formula is C14H21N3O2. The average Bonchev–Trinajstić information content (AvgIpc) is 2.73. The number of nitrogens with one attached hydrogen (secondary N) is 3. The average molecular weight is 263 g/mol. The van der Waals surface area contributed by atoms with E-state index in [2.05, 4.69) is 16.2 Å². The molecule has 4 aliphatic carbocycles. The fourth-order valence-corrected chi connectivity index (χ4v) is 5.23. The van der Waals surface area contributed by atoms with Gasteiger partial charge in [0.1, 0.15) is 6.04 Å². The van der Waals surface area contributed by atoms with Crippen LogP contribution in [0.4, 0.5) is 0 Å². The highest BCUT2D eigenvalue weighted by Gasteiger charge is 2.52. The van der Waals surface area contributed by atoms with Gasteiger partial charge in [-0.1, -0.05) is 0 Å². The van der Waals surface area contributed by atoms with E-state index < -0.39 is 0 Å². The fraction of sp³-hybridized carbons (Fsp3) is 0.857. The molecule has 5 aliphatic rings. The lowest BCUT2D eigenvalue weighted by Gasteiger charge is -2.57. The predicted octanol–water partition coefficient (Wildman–Crippen LogP) is 0.464. The molecule has 5 rings (SSSR count). The minimum Gasteiger partial charge on any atom is -0.349 e. The number of rotatable bonds is 2. The molecule has 5 heteroatoms. The van der Waals surface area contributed by atoms with E-state index in [-0.39, 0.29) is 29.8 Å². The Morgan fingerprint density at radius 3 is 2.16 bits per heavy atom. The van der Waals surface area contributed by atoms with Gasteiger partial charge in [-0.3, -0.25) is 15.0 Å². The molecule has 3 N–H and O–H groups in total. The maximum atomic E-state index is 12.3. The highest BCUT2D eigenvalue weighted by Crippen LogP contribution is 2.55. The van der Waals surface area contributed by atoms with Gasteiger partial charge in [-0.05, 0) is 56.3 Å². The third-order valence-corrected chi connectivity index (χ3v) is 5.52. The minimum atomic E-state index is -0.388. The number of hydrogen-bond donors (Lipinski definition) is 3. The number of carbonyl (C=O) groups excluding carboxylic acids is 2. The highest BCUT2D eigenvalue weighted by molar-refractivity contribution is 5.91. The molecule has 1 unspecified atom stereocenters. The van der Waals surface area contributed by atoms with Gasteiger partial charge in [-0.25, -0.2) is 5.43 Å². The zero-order chi connectivity index (χ0) is 13.0. The van der Waals surface area contributed by atoms with Crippen LogP contribution in [0.25, 0.3) is 0 Å². The Labute approximate surface area is 112 Å². The molecule has 0 radical (unpaired) electrons. The van der Waals surface area contributed by atoms with Crippen molar-refractivity contribution >= 4 is 11.8 Å². The van der Waals surface area contributed by atoms with E-state index in [0.717, 1.165) is 37.0 Å². The number of amides is 2. The summed E-state index contributed by atoms with van der Waals surface area (Å²) in [5.41, 5.74) is 5.33. The standard InChI is InChI=1S/C14H21N3O2/c18-12-4-11(16-17-12)13(19)15-14-5-8-1-9(6-14)3-10(2-8)7-14/h8-11,16H,1-7H2,(H,15,19)(H,17,18). The Balaban J connectivity index is 1.47. The summed E-state index contributed by atoms with van der Waals surface area (Å²) in [5.74, 6) is 2.37. The number of hydrazine groups is 1. The van der Waals surface area contributed by atoms with Crippen molar-refractivity contribution in [2.45, 2.75) is 56.5 Å². The lowest BCUT2D eigenvalue weighted by molar-refractivity contribution is -0.129. The van der Waals surface area contributed by atoms with Crippen molar-refractivity contribution in [1.82, 2.24) is 16.2 Å². The molecule has 0 aromatic rings.